The molecule has 5 heteroatoms. The second-order valence-corrected chi connectivity index (χ2v) is 7.59. The molecule has 142 valence electrons. The van der Waals surface area contributed by atoms with Crippen LogP contribution in [0, 0.1) is 12.3 Å². The molecule has 2 aromatic rings. The van der Waals surface area contributed by atoms with Crippen molar-refractivity contribution >= 4 is 5.91 Å². The van der Waals surface area contributed by atoms with E-state index in [1.807, 2.05) is 42.2 Å². The summed E-state index contributed by atoms with van der Waals surface area (Å²) in [5.41, 5.74) is 3.61. The third-order valence-electron chi connectivity index (χ3n) is 5.59. The van der Waals surface area contributed by atoms with Crippen LogP contribution < -0.4 is 4.74 Å². The normalized spacial score (nSPS) is 17.6. The molecule has 0 saturated heterocycles. The molecule has 1 aliphatic heterocycles. The minimum absolute atomic E-state index is 0.123. The Morgan fingerprint density at radius 1 is 1.30 bits per heavy atom. The Hall–Kier alpha value is -2.53. The number of fused-ring (bicyclic) bond motifs is 1. The van der Waals surface area contributed by atoms with Gasteiger partial charge in [-0.25, -0.2) is 0 Å². The molecule has 27 heavy (non-hydrogen) atoms. The molecule has 1 fully saturated rings. The van der Waals surface area contributed by atoms with Crippen molar-refractivity contribution in [1.82, 2.24) is 4.90 Å². The van der Waals surface area contributed by atoms with Gasteiger partial charge in [0, 0.05) is 19.2 Å². The van der Waals surface area contributed by atoms with Crippen LogP contribution in [0.3, 0.4) is 0 Å². The molecular formula is C22H25NO4. The lowest BCUT2D eigenvalue weighted by Gasteiger charge is -2.25. The Morgan fingerprint density at radius 3 is 2.78 bits per heavy atom. The molecule has 1 N–H and O–H groups in total. The van der Waals surface area contributed by atoms with Gasteiger partial charge in [0.25, 0.3) is 0 Å². The van der Waals surface area contributed by atoms with E-state index in [1.165, 1.54) is 0 Å². The molecule has 1 aliphatic carbocycles. The Labute approximate surface area is 159 Å². The van der Waals surface area contributed by atoms with Crippen molar-refractivity contribution in [2.45, 2.75) is 26.3 Å². The van der Waals surface area contributed by atoms with E-state index in [9.17, 15) is 9.90 Å². The van der Waals surface area contributed by atoms with Gasteiger partial charge in [0.15, 0.2) is 11.5 Å². The van der Waals surface area contributed by atoms with Gasteiger partial charge in [-0.3, -0.25) is 4.79 Å². The Balaban J connectivity index is 1.67. The zero-order valence-corrected chi connectivity index (χ0v) is 15.8. The van der Waals surface area contributed by atoms with Crippen molar-refractivity contribution < 1.29 is 19.4 Å². The lowest BCUT2D eigenvalue weighted by Crippen LogP contribution is -2.39. The standard InChI is InChI=1S/C22H25NO4/c1-15-5-3-4-6-18(15)16-11-17-13-23(9-10-27-20(17)19(24)12-16)21(25)22(7-8-22)14-26-2/h3-6,11-12,24H,7-10,13-14H2,1-2H3. The number of benzene rings is 2. The number of carbonyl (C=O) groups excluding carboxylic acids is 1. The van der Waals surface area contributed by atoms with E-state index >= 15 is 0 Å². The predicted octanol–water partition coefficient (Wildman–Crippen LogP) is 3.52. The molecule has 4 rings (SSSR count). The highest BCUT2D eigenvalue weighted by Crippen LogP contribution is 2.48. The van der Waals surface area contributed by atoms with Crippen LogP contribution in [-0.2, 0) is 16.1 Å². The first-order valence-corrected chi connectivity index (χ1v) is 9.37. The molecular weight excluding hydrogens is 342 g/mol. The van der Waals surface area contributed by atoms with Gasteiger partial charge in [-0.05, 0) is 48.6 Å². The van der Waals surface area contributed by atoms with Gasteiger partial charge in [-0.15, -0.1) is 0 Å². The first-order chi connectivity index (χ1) is 13.0. The summed E-state index contributed by atoms with van der Waals surface area (Å²) in [7, 11) is 1.64. The van der Waals surface area contributed by atoms with Gasteiger partial charge >= 0.3 is 0 Å². The highest BCUT2D eigenvalue weighted by molar-refractivity contribution is 5.86. The SMILES string of the molecule is COCC1(C(=O)N2CCOc3c(O)cc(-c4ccccc4C)cc3C2)CC1. The number of nitrogens with zero attached hydrogens (tertiary/aromatic N) is 1. The Bertz CT molecular complexity index is 873. The largest absolute Gasteiger partial charge is 0.504 e. The van der Waals surface area contributed by atoms with Gasteiger partial charge in [0.05, 0.1) is 18.6 Å². The molecule has 0 spiro atoms. The number of phenolic OH excluding ortho intramolecular Hbond substituents is 1. The summed E-state index contributed by atoms with van der Waals surface area (Å²) >= 11 is 0. The van der Waals surface area contributed by atoms with Crippen LogP contribution in [0.4, 0.5) is 0 Å². The number of methoxy groups -OCH3 is 1. The highest BCUT2D eigenvalue weighted by atomic mass is 16.5. The van der Waals surface area contributed by atoms with Crippen LogP contribution >= 0.6 is 0 Å². The zero-order chi connectivity index (χ0) is 19.0. The number of aryl methyl sites for hydroxylation is 1. The molecule has 2 aromatic carbocycles. The monoisotopic (exact) mass is 367 g/mol. The van der Waals surface area contributed by atoms with Gasteiger partial charge < -0.3 is 19.5 Å². The summed E-state index contributed by atoms with van der Waals surface area (Å²) in [6.45, 7) is 3.83. The van der Waals surface area contributed by atoms with E-state index in [1.54, 1.807) is 13.2 Å². The number of rotatable bonds is 4. The van der Waals surface area contributed by atoms with E-state index in [-0.39, 0.29) is 17.1 Å². The summed E-state index contributed by atoms with van der Waals surface area (Å²) in [5, 5.41) is 10.5. The molecule has 2 aliphatic rings. The van der Waals surface area contributed by atoms with E-state index < -0.39 is 0 Å². The molecule has 0 bridgehead atoms. The van der Waals surface area contributed by atoms with Gasteiger partial charge in [0.1, 0.15) is 6.61 Å². The third-order valence-corrected chi connectivity index (χ3v) is 5.59. The average molecular weight is 367 g/mol. The van der Waals surface area contributed by atoms with Crippen LogP contribution in [-0.4, -0.2) is 42.8 Å². The number of amides is 1. The number of hydrogen-bond acceptors (Lipinski definition) is 4. The molecule has 0 radical (unpaired) electrons. The topological polar surface area (TPSA) is 59.0 Å². The van der Waals surface area contributed by atoms with Crippen LogP contribution in [0.25, 0.3) is 11.1 Å². The van der Waals surface area contributed by atoms with E-state index in [0.717, 1.165) is 35.1 Å². The fraction of sp³-hybridized carbons (Fsp3) is 0.409. The van der Waals surface area contributed by atoms with Crippen molar-refractivity contribution in [1.29, 1.82) is 0 Å². The number of aromatic hydroxyl groups is 1. The van der Waals surface area contributed by atoms with E-state index in [0.29, 0.717) is 32.1 Å². The van der Waals surface area contributed by atoms with Crippen LogP contribution in [0.15, 0.2) is 36.4 Å². The molecule has 0 aromatic heterocycles. The smallest absolute Gasteiger partial charge is 0.231 e. The minimum Gasteiger partial charge on any atom is -0.504 e. The number of hydrogen-bond donors (Lipinski definition) is 1. The molecule has 0 atom stereocenters. The lowest BCUT2D eigenvalue weighted by molar-refractivity contribution is -0.139. The Morgan fingerprint density at radius 2 is 2.07 bits per heavy atom. The minimum atomic E-state index is -0.366. The average Bonchev–Trinajstić information content (AvgIpc) is 3.45. The van der Waals surface area contributed by atoms with Gasteiger partial charge in [0.2, 0.25) is 5.91 Å². The summed E-state index contributed by atoms with van der Waals surface area (Å²) in [5.74, 6) is 0.735. The predicted molar refractivity (Wildman–Crippen MR) is 103 cm³/mol. The number of phenols is 1. The summed E-state index contributed by atoms with van der Waals surface area (Å²) in [6, 6.07) is 11.8. The third kappa shape index (κ3) is 3.28. The Kier molecular flexibility index (Phi) is 4.56. The second-order valence-electron chi connectivity index (χ2n) is 7.59. The lowest BCUT2D eigenvalue weighted by atomic mass is 9.97. The maximum absolute atomic E-state index is 13.1. The molecule has 1 amide bonds. The first-order valence-electron chi connectivity index (χ1n) is 9.37. The molecule has 1 heterocycles. The van der Waals surface area contributed by atoms with E-state index in [4.69, 9.17) is 9.47 Å². The van der Waals surface area contributed by atoms with Crippen LogP contribution in [0.1, 0.15) is 24.0 Å². The quantitative estimate of drug-likeness (QED) is 0.898. The van der Waals surface area contributed by atoms with Crippen LogP contribution in [0.5, 0.6) is 11.5 Å². The van der Waals surface area contributed by atoms with Crippen LogP contribution in [0.2, 0.25) is 0 Å². The fourth-order valence-corrected chi connectivity index (χ4v) is 3.91. The second kappa shape index (κ2) is 6.89. The summed E-state index contributed by atoms with van der Waals surface area (Å²) < 4.78 is 11.1. The molecule has 1 saturated carbocycles. The molecule has 5 nitrogen and oxygen atoms in total. The van der Waals surface area contributed by atoms with Crippen molar-refractivity contribution in [3.63, 3.8) is 0 Å². The molecule has 0 unspecified atom stereocenters. The van der Waals surface area contributed by atoms with Gasteiger partial charge in [-0.1, -0.05) is 24.3 Å². The van der Waals surface area contributed by atoms with Crippen molar-refractivity contribution in [3.05, 3.63) is 47.5 Å². The van der Waals surface area contributed by atoms with Crippen molar-refractivity contribution in [2.75, 3.05) is 26.9 Å². The number of carbonyl (C=O) groups is 1. The van der Waals surface area contributed by atoms with Crippen molar-refractivity contribution in [3.8, 4) is 22.6 Å². The van der Waals surface area contributed by atoms with Crippen molar-refractivity contribution in [2.24, 2.45) is 5.41 Å². The maximum Gasteiger partial charge on any atom is 0.231 e. The fourth-order valence-electron chi connectivity index (χ4n) is 3.91. The van der Waals surface area contributed by atoms with E-state index in [2.05, 4.69) is 0 Å². The zero-order valence-electron chi connectivity index (χ0n) is 15.8. The van der Waals surface area contributed by atoms with Gasteiger partial charge in [-0.2, -0.15) is 0 Å². The number of ether oxygens (including phenoxy) is 2. The summed E-state index contributed by atoms with van der Waals surface area (Å²) in [6.07, 6.45) is 1.75. The first kappa shape index (κ1) is 17.9. The highest BCUT2D eigenvalue weighted by Gasteiger charge is 2.52. The maximum atomic E-state index is 13.1. The summed E-state index contributed by atoms with van der Waals surface area (Å²) in [4.78, 5) is 14.9.